The Hall–Kier alpha value is -2.04. The van der Waals surface area contributed by atoms with Crippen LogP contribution in [0.25, 0.3) is 0 Å². The average molecular weight is 257 g/mol. The van der Waals surface area contributed by atoms with E-state index in [0.717, 1.165) is 18.4 Å². The number of pyridine rings is 1. The molecule has 1 unspecified atom stereocenters. The number of hydrogen-bond donors (Lipinski definition) is 3. The van der Waals surface area contributed by atoms with Crippen molar-refractivity contribution in [1.29, 1.82) is 0 Å². The smallest absolute Gasteiger partial charge is 0.160 e. The SMILES string of the molecule is NC1=CNC(c2ccncc2)(C2CCCC2)N=C1N. The van der Waals surface area contributed by atoms with Crippen molar-refractivity contribution in [3.8, 4) is 0 Å². The number of nitrogens with zero attached hydrogens (tertiary/aromatic N) is 2. The van der Waals surface area contributed by atoms with Gasteiger partial charge < -0.3 is 16.8 Å². The van der Waals surface area contributed by atoms with Gasteiger partial charge in [0.2, 0.25) is 0 Å². The lowest BCUT2D eigenvalue weighted by molar-refractivity contribution is 0.244. The summed E-state index contributed by atoms with van der Waals surface area (Å²) in [6.07, 6.45) is 10.2. The molecule has 0 amide bonds. The van der Waals surface area contributed by atoms with Crippen LogP contribution in [0.4, 0.5) is 0 Å². The van der Waals surface area contributed by atoms with E-state index in [2.05, 4.69) is 10.3 Å². The van der Waals surface area contributed by atoms with Crippen molar-refractivity contribution in [2.75, 3.05) is 0 Å². The van der Waals surface area contributed by atoms with Crippen LogP contribution in [-0.4, -0.2) is 10.8 Å². The van der Waals surface area contributed by atoms with Crippen molar-refractivity contribution < 1.29 is 0 Å². The van der Waals surface area contributed by atoms with Gasteiger partial charge in [0.1, 0.15) is 5.84 Å². The van der Waals surface area contributed by atoms with Crippen LogP contribution in [0.15, 0.2) is 41.4 Å². The Morgan fingerprint density at radius 2 is 1.84 bits per heavy atom. The van der Waals surface area contributed by atoms with Crippen molar-refractivity contribution in [3.63, 3.8) is 0 Å². The predicted octanol–water partition coefficient (Wildman–Crippen LogP) is 1.19. The molecule has 100 valence electrons. The van der Waals surface area contributed by atoms with E-state index >= 15 is 0 Å². The summed E-state index contributed by atoms with van der Waals surface area (Å²) in [5.41, 5.74) is 12.9. The van der Waals surface area contributed by atoms with Crippen LogP contribution >= 0.6 is 0 Å². The molecule has 1 atom stereocenters. The average Bonchev–Trinajstić information content (AvgIpc) is 2.98. The van der Waals surface area contributed by atoms with Crippen molar-refractivity contribution in [2.24, 2.45) is 22.4 Å². The van der Waals surface area contributed by atoms with Gasteiger partial charge in [0.05, 0.1) is 5.70 Å². The summed E-state index contributed by atoms with van der Waals surface area (Å²) in [5.74, 6) is 0.861. The molecule has 1 aromatic heterocycles. The predicted molar refractivity (Wildman–Crippen MR) is 74.9 cm³/mol. The number of aliphatic imine (C=N–C) groups is 1. The molecule has 0 radical (unpaired) electrons. The molecule has 2 heterocycles. The molecular formula is C14H19N5. The van der Waals surface area contributed by atoms with Crippen molar-refractivity contribution in [3.05, 3.63) is 42.0 Å². The molecule has 5 nitrogen and oxygen atoms in total. The summed E-state index contributed by atoms with van der Waals surface area (Å²) < 4.78 is 0. The highest BCUT2D eigenvalue weighted by Gasteiger charge is 2.42. The third-order valence-electron chi connectivity index (χ3n) is 4.11. The summed E-state index contributed by atoms with van der Waals surface area (Å²) in [4.78, 5) is 8.79. The van der Waals surface area contributed by atoms with Crippen molar-refractivity contribution in [2.45, 2.75) is 31.3 Å². The molecule has 1 fully saturated rings. The zero-order chi connectivity index (χ0) is 13.3. The van der Waals surface area contributed by atoms with Crippen molar-refractivity contribution >= 4 is 5.84 Å². The zero-order valence-corrected chi connectivity index (χ0v) is 10.8. The van der Waals surface area contributed by atoms with Gasteiger partial charge in [-0.25, -0.2) is 4.99 Å². The second-order valence-electron chi connectivity index (χ2n) is 5.22. The van der Waals surface area contributed by atoms with Crippen molar-refractivity contribution in [1.82, 2.24) is 10.3 Å². The van der Waals surface area contributed by atoms with Crippen LogP contribution in [0.5, 0.6) is 0 Å². The lowest BCUT2D eigenvalue weighted by Gasteiger charge is -2.39. The fourth-order valence-corrected chi connectivity index (χ4v) is 3.09. The first kappa shape index (κ1) is 12.0. The van der Waals surface area contributed by atoms with Gasteiger partial charge in [-0.1, -0.05) is 12.8 Å². The van der Waals surface area contributed by atoms with Crippen LogP contribution < -0.4 is 16.8 Å². The molecule has 0 saturated heterocycles. The van der Waals surface area contributed by atoms with Gasteiger partial charge in [0.15, 0.2) is 5.66 Å². The van der Waals surface area contributed by atoms with E-state index in [9.17, 15) is 0 Å². The summed E-state index contributed by atoms with van der Waals surface area (Å²) in [6, 6.07) is 3.99. The maximum absolute atomic E-state index is 5.96. The minimum atomic E-state index is -0.480. The van der Waals surface area contributed by atoms with Gasteiger partial charge in [-0.3, -0.25) is 4.98 Å². The van der Waals surface area contributed by atoms with Crippen LogP contribution in [0, 0.1) is 5.92 Å². The number of hydrogen-bond acceptors (Lipinski definition) is 5. The molecule has 1 aliphatic heterocycles. The topological polar surface area (TPSA) is 89.3 Å². The highest BCUT2D eigenvalue weighted by atomic mass is 15.2. The largest absolute Gasteiger partial charge is 0.395 e. The van der Waals surface area contributed by atoms with Gasteiger partial charge in [0.25, 0.3) is 0 Å². The Labute approximate surface area is 112 Å². The minimum Gasteiger partial charge on any atom is -0.395 e. The number of amidine groups is 1. The monoisotopic (exact) mass is 257 g/mol. The van der Waals surface area contributed by atoms with E-state index < -0.39 is 5.66 Å². The highest BCUT2D eigenvalue weighted by Crippen LogP contribution is 2.42. The molecule has 1 aliphatic carbocycles. The molecular weight excluding hydrogens is 238 g/mol. The number of nitrogens with one attached hydrogen (secondary N) is 1. The fourth-order valence-electron chi connectivity index (χ4n) is 3.09. The van der Waals surface area contributed by atoms with Crippen LogP contribution in [0.2, 0.25) is 0 Å². The summed E-state index contributed by atoms with van der Waals surface area (Å²) in [6.45, 7) is 0. The zero-order valence-electron chi connectivity index (χ0n) is 10.8. The van der Waals surface area contributed by atoms with Crippen LogP contribution in [0.1, 0.15) is 31.2 Å². The lowest BCUT2D eigenvalue weighted by Crippen LogP contribution is -2.49. The summed E-state index contributed by atoms with van der Waals surface area (Å²) in [5, 5.41) is 3.39. The molecule has 3 rings (SSSR count). The van der Waals surface area contributed by atoms with E-state index in [1.54, 1.807) is 18.6 Å². The van der Waals surface area contributed by atoms with Gasteiger partial charge in [0, 0.05) is 30.1 Å². The van der Waals surface area contributed by atoms with E-state index in [1.165, 1.54) is 12.8 Å². The number of aromatic nitrogens is 1. The van der Waals surface area contributed by atoms with Gasteiger partial charge in [-0.15, -0.1) is 0 Å². The quantitative estimate of drug-likeness (QED) is 0.742. The van der Waals surface area contributed by atoms with E-state index in [-0.39, 0.29) is 0 Å². The van der Waals surface area contributed by atoms with Crippen LogP contribution in [0.3, 0.4) is 0 Å². The third-order valence-corrected chi connectivity index (χ3v) is 4.11. The summed E-state index contributed by atoms with van der Waals surface area (Å²) >= 11 is 0. The molecule has 19 heavy (non-hydrogen) atoms. The first-order chi connectivity index (χ1) is 9.22. The second-order valence-corrected chi connectivity index (χ2v) is 5.22. The van der Waals surface area contributed by atoms with Crippen LogP contribution in [-0.2, 0) is 5.66 Å². The summed E-state index contributed by atoms with van der Waals surface area (Å²) in [7, 11) is 0. The molecule has 5 heteroatoms. The first-order valence-corrected chi connectivity index (χ1v) is 6.72. The molecule has 5 N–H and O–H groups in total. The van der Waals surface area contributed by atoms with E-state index in [0.29, 0.717) is 17.5 Å². The highest BCUT2D eigenvalue weighted by molar-refractivity contribution is 5.96. The van der Waals surface area contributed by atoms with Gasteiger partial charge >= 0.3 is 0 Å². The Kier molecular flexibility index (Phi) is 2.89. The molecule has 0 bridgehead atoms. The Morgan fingerprint density at radius 1 is 1.16 bits per heavy atom. The molecule has 1 saturated carbocycles. The normalized spacial score (nSPS) is 27.6. The molecule has 0 spiro atoms. The maximum Gasteiger partial charge on any atom is 0.160 e. The van der Waals surface area contributed by atoms with E-state index in [4.69, 9.17) is 16.5 Å². The number of nitrogens with two attached hydrogens (primary N) is 2. The van der Waals surface area contributed by atoms with Gasteiger partial charge in [-0.2, -0.15) is 0 Å². The standard InChI is InChI=1S/C14H19N5/c15-12-9-18-14(19-13(12)16,10-3-1-2-4-10)11-5-7-17-8-6-11/h5-10,18H,1-4,15H2,(H2,16,19). The van der Waals surface area contributed by atoms with E-state index in [1.807, 2.05) is 12.1 Å². The number of rotatable bonds is 2. The van der Waals surface area contributed by atoms with Gasteiger partial charge in [-0.05, 0) is 25.0 Å². The first-order valence-electron chi connectivity index (χ1n) is 6.72. The molecule has 1 aromatic rings. The fraction of sp³-hybridized carbons (Fsp3) is 0.429. The third kappa shape index (κ3) is 1.95. The maximum atomic E-state index is 5.96. The molecule has 2 aliphatic rings. The Balaban J connectivity index is 2.07. The second kappa shape index (κ2) is 4.57. The minimum absolute atomic E-state index is 0.419. The lowest BCUT2D eigenvalue weighted by atomic mass is 9.84. The molecule has 0 aromatic carbocycles. The Bertz CT molecular complexity index is 516. The Morgan fingerprint density at radius 3 is 2.47 bits per heavy atom.